The summed E-state index contributed by atoms with van der Waals surface area (Å²) in [7, 11) is -1.77. The molecule has 9 atom stereocenters. The number of rotatable bonds is 17. The number of aliphatic hydroxyl groups excluding tert-OH is 7. The number of ether oxygens (including phenoxy) is 7. The molecule has 0 saturated carbocycles. The molecule has 75 heavy (non-hydrogen) atoms. The lowest BCUT2D eigenvalue weighted by molar-refractivity contribution is -0.167. The van der Waals surface area contributed by atoms with E-state index in [9.17, 15) is 4.79 Å². The summed E-state index contributed by atoms with van der Waals surface area (Å²) in [6.07, 6.45) is 6.71. The maximum absolute atomic E-state index is 10.5. The predicted octanol–water partition coefficient (Wildman–Crippen LogP) is 7.37. The van der Waals surface area contributed by atoms with Crippen molar-refractivity contribution in [1.82, 2.24) is 0 Å². The van der Waals surface area contributed by atoms with Gasteiger partial charge in [0.15, 0.2) is 23.7 Å². The standard InChI is InChI=1S/C20H18P.C10H20O3.C10H18O3.C8H14O4.C8H16O4.C3H8O/c1-2-21(18-12-6-3-7-13-18,19-14-8-4-9-15-19)20-16-10-5-11-17-20;2*1-4-5-6-8-9(7-11)13-10(2,3)12-8;1-8(2)11-5-3-7(9)10-4-6(5)12-8;1-6(10)3-2-4-7(11)8(12)5-9;1-3(2)4/h2-17H,1H2;8-9,11H,4-7H2,1-3H3;4-5,8-9,11H,6-7H2,1-3H3;5-7,9H,3-4H2,1-2H3;7-9,11-12H,2-5H2,1H3;3-4H,1-2H3/q+1;;;;;/b;;5-4+;;;/t;2*8-,9?;5-,6?,7?;7-,8+;/m.0000./s1. The largest absolute Gasteiger partial charge is 0.394 e. The minimum Gasteiger partial charge on any atom is -0.394 e. The van der Waals surface area contributed by atoms with Crippen molar-refractivity contribution < 1.29 is 73.7 Å². The van der Waals surface area contributed by atoms with E-state index in [2.05, 4.69) is 110 Å². The Hall–Kier alpha value is -3.32. The normalized spacial score (nSPS) is 24.7. The highest BCUT2D eigenvalue weighted by Crippen LogP contribution is 2.56. The lowest BCUT2D eigenvalue weighted by Gasteiger charge is -2.26. The van der Waals surface area contributed by atoms with Crippen LogP contribution in [0.4, 0.5) is 0 Å². The summed E-state index contributed by atoms with van der Waals surface area (Å²) in [5, 5.41) is 65.8. The minimum absolute atomic E-state index is 0.0104. The number of hydrogen-bond donors (Lipinski definition) is 7. The molecule has 7 rings (SSSR count). The van der Waals surface area contributed by atoms with Crippen LogP contribution in [0.25, 0.3) is 0 Å². The molecule has 0 aromatic heterocycles. The zero-order chi connectivity index (χ0) is 56.2. The van der Waals surface area contributed by atoms with Gasteiger partial charge in [-0.2, -0.15) is 0 Å². The van der Waals surface area contributed by atoms with Crippen LogP contribution in [-0.2, 0) is 38.0 Å². The Bertz CT molecular complexity index is 1900. The van der Waals surface area contributed by atoms with Gasteiger partial charge < -0.3 is 73.7 Å². The summed E-state index contributed by atoms with van der Waals surface area (Å²) in [6, 6.07) is 32.2. The number of benzene rings is 3. The van der Waals surface area contributed by atoms with E-state index in [1.165, 1.54) is 22.8 Å². The molecular formula is C59H94O15P+. The van der Waals surface area contributed by atoms with E-state index in [0.29, 0.717) is 32.3 Å². The summed E-state index contributed by atoms with van der Waals surface area (Å²) in [5.74, 6) is 0.627. The third kappa shape index (κ3) is 24.5. The summed E-state index contributed by atoms with van der Waals surface area (Å²) in [4.78, 5) is 10.5. The van der Waals surface area contributed by atoms with Crippen molar-refractivity contribution in [2.75, 3.05) is 26.4 Å². The molecule has 3 aromatic rings. The number of hydrogen-bond acceptors (Lipinski definition) is 15. The van der Waals surface area contributed by atoms with Gasteiger partial charge in [-0.15, -0.1) is 0 Å². The first-order valence-electron chi connectivity index (χ1n) is 26.5. The van der Waals surface area contributed by atoms with Gasteiger partial charge >= 0.3 is 0 Å². The fourth-order valence-electron chi connectivity index (χ4n) is 8.60. The second-order valence-corrected chi connectivity index (χ2v) is 23.8. The fourth-order valence-corrected chi connectivity index (χ4v) is 12.1. The summed E-state index contributed by atoms with van der Waals surface area (Å²) >= 11 is 0. The molecule has 4 heterocycles. The van der Waals surface area contributed by atoms with Crippen molar-refractivity contribution in [1.29, 1.82) is 0 Å². The molecule has 4 aliphatic rings. The molecule has 3 aromatic carbocycles. The summed E-state index contributed by atoms with van der Waals surface area (Å²) in [5.41, 5.74) is 0. The summed E-state index contributed by atoms with van der Waals surface area (Å²) in [6.45, 7) is 24.6. The lowest BCUT2D eigenvalue weighted by atomic mass is 10.1. The van der Waals surface area contributed by atoms with Gasteiger partial charge in [-0.05, 0) is 131 Å². The van der Waals surface area contributed by atoms with Gasteiger partial charge in [-0.1, -0.05) is 93.1 Å². The zero-order valence-corrected chi connectivity index (χ0v) is 47.6. The molecular weight excluding hydrogens is 980 g/mol. The first-order chi connectivity index (χ1) is 35.4. The Morgan fingerprint density at radius 2 is 1.11 bits per heavy atom. The monoisotopic (exact) mass is 1070 g/mol. The molecule has 4 unspecified atom stereocenters. The highest BCUT2D eigenvalue weighted by molar-refractivity contribution is 7.98. The van der Waals surface area contributed by atoms with Crippen LogP contribution in [0.2, 0.25) is 0 Å². The second-order valence-electron chi connectivity index (χ2n) is 20.4. The van der Waals surface area contributed by atoms with Gasteiger partial charge in [0.1, 0.15) is 53.4 Å². The van der Waals surface area contributed by atoms with Crippen LogP contribution in [0.3, 0.4) is 0 Å². The number of carbonyl (C=O) groups is 1. The average molecular weight is 1070 g/mol. The van der Waals surface area contributed by atoms with Gasteiger partial charge in [-0.3, -0.25) is 0 Å². The quantitative estimate of drug-likeness (QED) is 0.0518. The lowest BCUT2D eigenvalue weighted by Crippen LogP contribution is -2.39. The number of unbranched alkanes of at least 4 members (excludes halogenated alkanes) is 1. The Labute approximate surface area is 449 Å². The van der Waals surface area contributed by atoms with E-state index in [-0.39, 0.29) is 61.7 Å². The van der Waals surface area contributed by atoms with E-state index in [1.807, 2.05) is 60.6 Å². The van der Waals surface area contributed by atoms with Crippen molar-refractivity contribution in [2.45, 2.75) is 206 Å². The molecule has 4 fully saturated rings. The van der Waals surface area contributed by atoms with Crippen molar-refractivity contribution in [3.8, 4) is 0 Å². The molecule has 0 bridgehead atoms. The van der Waals surface area contributed by atoms with Crippen molar-refractivity contribution in [2.24, 2.45) is 0 Å². The third-order valence-corrected chi connectivity index (χ3v) is 15.9. The van der Waals surface area contributed by atoms with E-state index >= 15 is 0 Å². The van der Waals surface area contributed by atoms with Crippen molar-refractivity contribution in [3.63, 3.8) is 0 Å². The highest BCUT2D eigenvalue weighted by Gasteiger charge is 2.46. The van der Waals surface area contributed by atoms with Crippen LogP contribution in [0, 0.1) is 0 Å². The minimum atomic E-state index is -1.77. The maximum atomic E-state index is 10.5. The number of aliphatic hydroxyl groups is 7. The molecule has 0 aliphatic carbocycles. The van der Waals surface area contributed by atoms with E-state index in [4.69, 9.17) is 68.9 Å². The molecule has 15 nitrogen and oxygen atoms in total. The number of ketones is 1. The molecule has 4 saturated heterocycles. The van der Waals surface area contributed by atoms with Crippen LogP contribution >= 0.6 is 7.26 Å². The molecule has 0 amide bonds. The molecule has 0 spiro atoms. The SMILES string of the molecule is C/C=C/C[C@@H]1OC(C)(C)OC1CO.C=C[P+](c1ccccc1)(c1ccccc1)c1ccccc1.CC(=O)CCC[C@H](O)[C@H](O)CO.CC(C)O.CC1(C)OC2COC(O)C[C@@H]2O1.CCCC[C@@H]1OC(C)(C)OC1CO. The second kappa shape index (κ2) is 34.5. The first kappa shape index (κ1) is 67.8. The van der Waals surface area contributed by atoms with Gasteiger partial charge in [0, 0.05) is 18.9 Å². The van der Waals surface area contributed by atoms with Crippen LogP contribution in [-0.4, -0.2) is 147 Å². The third-order valence-electron chi connectivity index (χ3n) is 12.0. The van der Waals surface area contributed by atoms with Crippen molar-refractivity contribution >= 4 is 29.0 Å². The van der Waals surface area contributed by atoms with E-state index < -0.39 is 49.7 Å². The molecule has 7 N–H and O–H groups in total. The highest BCUT2D eigenvalue weighted by atomic mass is 31.2. The van der Waals surface area contributed by atoms with E-state index in [0.717, 1.165) is 25.7 Å². The van der Waals surface area contributed by atoms with Gasteiger partial charge in [0.05, 0.1) is 56.7 Å². The molecule has 0 radical (unpaired) electrons. The Morgan fingerprint density at radius 1 is 0.680 bits per heavy atom. The number of carbonyl (C=O) groups excluding carboxylic acids is 1. The molecule has 4 aliphatic heterocycles. The van der Waals surface area contributed by atoms with Gasteiger partial charge in [-0.25, -0.2) is 0 Å². The predicted molar refractivity (Wildman–Crippen MR) is 298 cm³/mol. The van der Waals surface area contributed by atoms with Crippen LogP contribution < -0.4 is 15.9 Å². The van der Waals surface area contributed by atoms with Crippen LogP contribution in [0.5, 0.6) is 0 Å². The molecule has 424 valence electrons. The summed E-state index contributed by atoms with van der Waals surface area (Å²) < 4.78 is 38.5. The van der Waals surface area contributed by atoms with Gasteiger partial charge in [0.2, 0.25) is 0 Å². The zero-order valence-electron chi connectivity index (χ0n) is 46.7. The maximum Gasteiger partial charge on any atom is 0.163 e. The van der Waals surface area contributed by atoms with E-state index in [1.54, 1.807) is 13.8 Å². The fraction of sp³-hybridized carbons (Fsp3) is 0.610. The number of fused-ring (bicyclic) bond motifs is 1. The van der Waals surface area contributed by atoms with Crippen molar-refractivity contribution in [3.05, 3.63) is 116 Å². The first-order valence-corrected chi connectivity index (χ1v) is 28.3. The number of allylic oxidation sites excluding steroid dienone is 1. The Morgan fingerprint density at radius 3 is 1.52 bits per heavy atom. The average Bonchev–Trinajstić information content (AvgIpc) is 3.99. The number of Topliss-reactive ketones (excluding diaryl/α,β-unsaturated/α-hetero) is 1. The molecule has 16 heteroatoms. The Balaban J connectivity index is 0.000000321. The van der Waals surface area contributed by atoms with Crippen LogP contribution in [0.15, 0.2) is 116 Å². The smallest absolute Gasteiger partial charge is 0.163 e. The van der Waals surface area contributed by atoms with Gasteiger partial charge in [0.25, 0.3) is 0 Å². The Kier molecular flexibility index (Phi) is 31.2. The van der Waals surface area contributed by atoms with Crippen LogP contribution in [0.1, 0.15) is 128 Å². The topological polar surface area (TPSA) is 223 Å².